The molecule has 4 aromatic rings. The summed E-state index contributed by atoms with van der Waals surface area (Å²) in [5, 5.41) is 29.3. The van der Waals surface area contributed by atoms with E-state index in [1.54, 1.807) is 45.2 Å². The lowest BCUT2D eigenvalue weighted by molar-refractivity contribution is -0.150. The van der Waals surface area contributed by atoms with Gasteiger partial charge in [-0.15, -0.1) is 0 Å². The van der Waals surface area contributed by atoms with Crippen LogP contribution in [0.2, 0.25) is 0 Å². The molecule has 0 radical (unpaired) electrons. The molecule has 3 atom stereocenters. The summed E-state index contributed by atoms with van der Waals surface area (Å²) in [6, 6.07) is 28.4. The largest absolute Gasteiger partial charge is 0.508 e. The average molecular weight is 606 g/mol. The van der Waals surface area contributed by atoms with Crippen LogP contribution in [-0.2, 0) is 31.9 Å². The molecule has 0 fully saturated rings. The molecule has 0 heterocycles. The van der Waals surface area contributed by atoms with Crippen LogP contribution in [0.4, 0.5) is 0 Å². The fourth-order valence-electron chi connectivity index (χ4n) is 4.31. The predicted octanol–water partition coefficient (Wildman–Crippen LogP) is 6.01. The maximum Gasteiger partial charge on any atom is 0.333 e. The molecule has 9 heteroatoms. The van der Waals surface area contributed by atoms with Crippen LogP contribution in [0.3, 0.4) is 0 Å². The zero-order valence-corrected chi connectivity index (χ0v) is 25.7. The Morgan fingerprint density at radius 1 is 0.727 bits per heavy atom. The number of aliphatic carboxylic acids is 2. The van der Waals surface area contributed by atoms with Gasteiger partial charge in [-0.25, -0.2) is 9.59 Å². The molecule has 0 unspecified atom stereocenters. The predicted molar refractivity (Wildman–Crippen MR) is 171 cm³/mol. The molecular weight excluding hydrogens is 562 g/mol. The van der Waals surface area contributed by atoms with Crippen LogP contribution < -0.4 is 10.5 Å². The quantitative estimate of drug-likeness (QED) is 0.152. The van der Waals surface area contributed by atoms with Crippen LogP contribution in [-0.4, -0.2) is 59.8 Å². The monoisotopic (exact) mass is 605 g/mol. The number of hydrogen-bond donors (Lipinski definition) is 4. The third kappa shape index (κ3) is 12.0. The molecule has 0 saturated heterocycles. The van der Waals surface area contributed by atoms with Crippen LogP contribution in [0.1, 0.15) is 43.5 Å². The van der Waals surface area contributed by atoms with Crippen LogP contribution in [0, 0.1) is 0 Å². The van der Waals surface area contributed by atoms with E-state index in [0.29, 0.717) is 26.1 Å². The van der Waals surface area contributed by atoms with E-state index in [2.05, 4.69) is 30.3 Å². The van der Waals surface area contributed by atoms with Gasteiger partial charge in [0, 0.05) is 32.1 Å². The maximum absolute atomic E-state index is 10.9. The van der Waals surface area contributed by atoms with Gasteiger partial charge in [0.05, 0.1) is 7.11 Å². The van der Waals surface area contributed by atoms with Gasteiger partial charge in [-0.1, -0.05) is 66.7 Å². The van der Waals surface area contributed by atoms with Gasteiger partial charge >= 0.3 is 11.9 Å². The van der Waals surface area contributed by atoms with Crippen molar-refractivity contribution in [2.75, 3.05) is 20.3 Å². The standard InChI is InChI=1S/C12H13N.C12H16O4.C11H14O4/c1-9(13)11-8-4-6-10-5-2-3-7-12(10)11;1-3-16-11(12(13)14)8-9-4-6-10(15-2)7-5-9;1-2-15-10(11(13)14)7-8-3-5-9(12)6-4-8/h2-9H,13H2,1H3;4-7,11H,3,8H2,1-2H3,(H,13,14);3-6,10,12H,2,7H2,1H3,(H,13,14)/t9-;11-;10-/m000/s1. The summed E-state index contributed by atoms with van der Waals surface area (Å²) in [6.07, 6.45) is -0.922. The summed E-state index contributed by atoms with van der Waals surface area (Å²) in [5.41, 5.74) is 8.85. The lowest BCUT2D eigenvalue weighted by atomic mass is 10.0. The first-order valence-corrected chi connectivity index (χ1v) is 14.4. The highest BCUT2D eigenvalue weighted by atomic mass is 16.5. The number of methoxy groups -OCH3 is 1. The summed E-state index contributed by atoms with van der Waals surface area (Å²) >= 11 is 0. The number of hydrogen-bond acceptors (Lipinski definition) is 7. The summed E-state index contributed by atoms with van der Waals surface area (Å²) in [5.74, 6) is -0.975. The van der Waals surface area contributed by atoms with Gasteiger partial charge in [-0.3, -0.25) is 0 Å². The molecule has 9 nitrogen and oxygen atoms in total. The highest BCUT2D eigenvalue weighted by Gasteiger charge is 2.18. The molecule has 0 aliphatic rings. The molecule has 0 saturated carbocycles. The Bertz CT molecular complexity index is 1420. The van der Waals surface area contributed by atoms with Crippen molar-refractivity contribution in [3.05, 3.63) is 108 Å². The third-order valence-electron chi connectivity index (χ3n) is 6.54. The number of carboxylic acids is 2. The first kappa shape index (κ1) is 35.8. The molecule has 0 aliphatic carbocycles. The highest BCUT2D eigenvalue weighted by molar-refractivity contribution is 5.86. The number of phenols is 1. The summed E-state index contributed by atoms with van der Waals surface area (Å²) in [4.78, 5) is 21.7. The smallest absolute Gasteiger partial charge is 0.333 e. The lowest BCUT2D eigenvalue weighted by Gasteiger charge is -2.12. The number of benzene rings is 4. The van der Waals surface area contributed by atoms with Crippen molar-refractivity contribution in [1.82, 2.24) is 0 Å². The van der Waals surface area contributed by atoms with Gasteiger partial charge in [0.15, 0.2) is 12.2 Å². The molecule has 0 spiro atoms. The molecule has 0 amide bonds. The number of carboxylic acid groups (broad SMARTS) is 2. The molecule has 236 valence electrons. The Morgan fingerprint density at radius 2 is 1.20 bits per heavy atom. The summed E-state index contributed by atoms with van der Waals surface area (Å²) in [7, 11) is 1.59. The minimum absolute atomic E-state index is 0.103. The van der Waals surface area contributed by atoms with Crippen molar-refractivity contribution in [2.45, 2.75) is 51.9 Å². The number of ether oxygens (including phenoxy) is 3. The van der Waals surface area contributed by atoms with Gasteiger partial charge in [0.2, 0.25) is 0 Å². The Morgan fingerprint density at radius 3 is 1.66 bits per heavy atom. The second-order valence-electron chi connectivity index (χ2n) is 9.84. The van der Waals surface area contributed by atoms with E-state index in [-0.39, 0.29) is 11.8 Å². The SMILES string of the molecule is CCO[C@@H](Cc1ccc(O)cc1)C(=O)O.CCO[C@@H](Cc1ccc(OC)cc1)C(=O)O.C[C@H](N)c1cccc2ccccc12. The van der Waals surface area contributed by atoms with Crippen molar-refractivity contribution in [3.63, 3.8) is 0 Å². The molecule has 0 aromatic heterocycles. The van der Waals surface area contributed by atoms with E-state index in [1.807, 2.05) is 31.2 Å². The first-order valence-electron chi connectivity index (χ1n) is 14.4. The van der Waals surface area contributed by atoms with Crippen LogP contribution in [0.5, 0.6) is 11.5 Å². The van der Waals surface area contributed by atoms with Gasteiger partial charge in [-0.05, 0) is 72.5 Å². The molecule has 4 aromatic carbocycles. The molecular formula is C35H43NO8. The van der Waals surface area contributed by atoms with E-state index in [0.717, 1.165) is 16.9 Å². The van der Waals surface area contributed by atoms with Gasteiger partial charge in [-0.2, -0.15) is 0 Å². The Kier molecular flexibility index (Phi) is 15.4. The average Bonchev–Trinajstić information content (AvgIpc) is 3.02. The fraction of sp³-hybridized carbons (Fsp3) is 0.314. The van der Waals surface area contributed by atoms with Crippen LogP contribution in [0.25, 0.3) is 10.8 Å². The molecule has 5 N–H and O–H groups in total. The Hall–Kier alpha value is -4.44. The molecule has 44 heavy (non-hydrogen) atoms. The summed E-state index contributed by atoms with van der Waals surface area (Å²) < 4.78 is 15.2. The Labute approximate surface area is 258 Å². The third-order valence-corrected chi connectivity index (χ3v) is 6.54. The second-order valence-corrected chi connectivity index (χ2v) is 9.84. The Balaban J connectivity index is 0.000000231. The maximum atomic E-state index is 10.9. The van der Waals surface area contributed by atoms with Crippen molar-refractivity contribution in [2.24, 2.45) is 5.73 Å². The van der Waals surface area contributed by atoms with E-state index in [4.69, 9.17) is 35.3 Å². The first-order chi connectivity index (χ1) is 21.1. The number of aromatic hydroxyl groups is 1. The highest BCUT2D eigenvalue weighted by Crippen LogP contribution is 2.22. The normalized spacial score (nSPS) is 12.5. The number of fused-ring (bicyclic) bond motifs is 1. The molecule has 0 bridgehead atoms. The van der Waals surface area contributed by atoms with Crippen molar-refractivity contribution in [1.29, 1.82) is 0 Å². The molecule has 4 rings (SSSR count). The minimum atomic E-state index is -0.968. The topological polar surface area (TPSA) is 149 Å². The number of phenolic OH excluding ortho intramolecular Hbond substituents is 1. The zero-order chi connectivity index (χ0) is 32.5. The van der Waals surface area contributed by atoms with Gasteiger partial charge in [0.1, 0.15) is 11.5 Å². The van der Waals surface area contributed by atoms with Crippen molar-refractivity contribution >= 4 is 22.7 Å². The zero-order valence-electron chi connectivity index (χ0n) is 25.7. The fourth-order valence-corrected chi connectivity index (χ4v) is 4.31. The van der Waals surface area contributed by atoms with E-state index in [1.165, 1.54) is 28.5 Å². The number of carbonyl (C=O) groups is 2. The minimum Gasteiger partial charge on any atom is -0.508 e. The van der Waals surface area contributed by atoms with Crippen molar-refractivity contribution < 1.29 is 39.1 Å². The van der Waals surface area contributed by atoms with E-state index >= 15 is 0 Å². The summed E-state index contributed by atoms with van der Waals surface area (Å²) in [6.45, 7) is 6.32. The number of rotatable bonds is 12. The van der Waals surface area contributed by atoms with Gasteiger partial charge < -0.3 is 35.3 Å². The van der Waals surface area contributed by atoms with Crippen LogP contribution in [0.15, 0.2) is 91.0 Å². The van der Waals surface area contributed by atoms with E-state index < -0.39 is 24.1 Å². The second kappa shape index (κ2) is 19.0. The van der Waals surface area contributed by atoms with Crippen LogP contribution >= 0.6 is 0 Å². The molecule has 0 aliphatic heterocycles. The number of nitrogens with two attached hydrogens (primary N) is 1. The van der Waals surface area contributed by atoms with Gasteiger partial charge in [0.25, 0.3) is 0 Å². The van der Waals surface area contributed by atoms with E-state index in [9.17, 15) is 9.59 Å². The van der Waals surface area contributed by atoms with Crippen molar-refractivity contribution in [3.8, 4) is 11.5 Å². The lowest BCUT2D eigenvalue weighted by Crippen LogP contribution is -2.26.